The first-order chi connectivity index (χ1) is 9.69. The quantitative estimate of drug-likeness (QED) is 0.846. The molecule has 0 aliphatic heterocycles. The lowest BCUT2D eigenvalue weighted by molar-refractivity contribution is -0.143. The van der Waals surface area contributed by atoms with Gasteiger partial charge in [-0.15, -0.1) is 0 Å². The summed E-state index contributed by atoms with van der Waals surface area (Å²) in [5.74, 6) is -0.334. The Balaban J connectivity index is 2.48. The minimum atomic E-state index is -0.559. The number of carbonyl (C=O) groups is 1. The number of benzene rings is 1. The van der Waals surface area contributed by atoms with Crippen molar-refractivity contribution in [2.75, 3.05) is 7.11 Å². The molecular formula is C15H19N3O2. The summed E-state index contributed by atoms with van der Waals surface area (Å²) in [6.07, 6.45) is 4.10. The molecule has 0 radical (unpaired) electrons. The average Bonchev–Trinajstić information content (AvgIpc) is 2.96. The zero-order valence-corrected chi connectivity index (χ0v) is 11.7. The van der Waals surface area contributed by atoms with Gasteiger partial charge in [0.2, 0.25) is 0 Å². The largest absolute Gasteiger partial charge is 0.467 e. The molecule has 1 aromatic carbocycles. The summed E-state index contributed by atoms with van der Waals surface area (Å²) in [4.78, 5) is 16.3. The van der Waals surface area contributed by atoms with E-state index in [1.54, 1.807) is 17.1 Å². The molecule has 0 aliphatic carbocycles. The van der Waals surface area contributed by atoms with Crippen molar-refractivity contribution in [1.29, 1.82) is 0 Å². The van der Waals surface area contributed by atoms with Crippen LogP contribution in [0, 0.1) is 0 Å². The van der Waals surface area contributed by atoms with Gasteiger partial charge in [-0.25, -0.2) is 9.78 Å². The number of methoxy groups -OCH3 is 1. The number of nitrogens with zero attached hydrogens (tertiary/aromatic N) is 2. The number of imidazole rings is 1. The van der Waals surface area contributed by atoms with Crippen molar-refractivity contribution in [2.45, 2.75) is 25.4 Å². The summed E-state index contributed by atoms with van der Waals surface area (Å²) in [7, 11) is 1.38. The summed E-state index contributed by atoms with van der Waals surface area (Å²) in [6, 6.07) is 8.75. The van der Waals surface area contributed by atoms with Crippen LogP contribution in [0.5, 0.6) is 0 Å². The van der Waals surface area contributed by atoms with Gasteiger partial charge in [0.15, 0.2) is 6.04 Å². The first-order valence-electron chi connectivity index (χ1n) is 6.59. The molecule has 0 aliphatic rings. The molecule has 2 atom stereocenters. The Morgan fingerprint density at radius 2 is 2.10 bits per heavy atom. The summed E-state index contributed by atoms with van der Waals surface area (Å²) >= 11 is 0. The molecule has 5 heteroatoms. The van der Waals surface area contributed by atoms with Gasteiger partial charge >= 0.3 is 5.97 Å². The topological polar surface area (TPSA) is 70.1 Å². The third kappa shape index (κ3) is 2.72. The maximum Gasteiger partial charge on any atom is 0.333 e. The summed E-state index contributed by atoms with van der Waals surface area (Å²) < 4.78 is 6.72. The van der Waals surface area contributed by atoms with Gasteiger partial charge < -0.3 is 15.0 Å². The summed E-state index contributed by atoms with van der Waals surface area (Å²) in [5, 5.41) is 0. The molecule has 2 rings (SSSR count). The number of esters is 1. The van der Waals surface area contributed by atoms with Gasteiger partial charge in [-0.2, -0.15) is 0 Å². The Morgan fingerprint density at radius 1 is 1.40 bits per heavy atom. The molecule has 20 heavy (non-hydrogen) atoms. The van der Waals surface area contributed by atoms with Gasteiger partial charge in [0, 0.05) is 12.2 Å². The summed E-state index contributed by atoms with van der Waals surface area (Å²) in [5.41, 5.74) is 7.76. The second-order valence-electron chi connectivity index (χ2n) is 4.58. The fourth-order valence-corrected chi connectivity index (χ4v) is 2.18. The van der Waals surface area contributed by atoms with Crippen LogP contribution in [-0.2, 0) is 9.53 Å². The number of carbonyl (C=O) groups excluding carboxylic acids is 1. The van der Waals surface area contributed by atoms with Crippen LogP contribution in [0.25, 0.3) is 0 Å². The van der Waals surface area contributed by atoms with Crippen LogP contribution < -0.4 is 5.73 Å². The van der Waals surface area contributed by atoms with E-state index in [1.165, 1.54) is 7.11 Å². The lowest BCUT2D eigenvalue weighted by Crippen LogP contribution is -2.25. The molecule has 0 bridgehead atoms. The van der Waals surface area contributed by atoms with E-state index < -0.39 is 6.04 Å². The Labute approximate surface area is 118 Å². The van der Waals surface area contributed by atoms with Crippen LogP contribution in [0.1, 0.15) is 36.7 Å². The van der Waals surface area contributed by atoms with E-state index in [4.69, 9.17) is 10.5 Å². The highest BCUT2D eigenvalue weighted by molar-refractivity contribution is 5.78. The fraction of sp³-hybridized carbons (Fsp3) is 0.333. The molecule has 0 saturated carbocycles. The van der Waals surface area contributed by atoms with Crippen LogP contribution in [0.4, 0.5) is 0 Å². The Kier molecular flexibility index (Phi) is 4.53. The monoisotopic (exact) mass is 273 g/mol. The van der Waals surface area contributed by atoms with Gasteiger partial charge in [0.05, 0.1) is 19.1 Å². The number of ether oxygens (including phenoxy) is 1. The minimum absolute atomic E-state index is 0.159. The van der Waals surface area contributed by atoms with E-state index in [2.05, 4.69) is 4.98 Å². The third-order valence-electron chi connectivity index (χ3n) is 3.33. The number of hydrogen-bond donors (Lipinski definition) is 1. The zero-order chi connectivity index (χ0) is 14.5. The maximum atomic E-state index is 12.2. The van der Waals surface area contributed by atoms with E-state index in [-0.39, 0.29) is 12.0 Å². The first-order valence-corrected chi connectivity index (χ1v) is 6.59. The smallest absolute Gasteiger partial charge is 0.333 e. The predicted octanol–water partition coefficient (Wildman–Crippen LogP) is 2.06. The molecule has 2 aromatic rings. The number of nitrogens with two attached hydrogens (primary N) is 1. The molecule has 1 heterocycles. The van der Waals surface area contributed by atoms with Crippen LogP contribution in [0.3, 0.4) is 0 Å². The van der Waals surface area contributed by atoms with E-state index in [9.17, 15) is 4.79 Å². The number of rotatable bonds is 5. The highest BCUT2D eigenvalue weighted by atomic mass is 16.5. The highest BCUT2D eigenvalue weighted by Gasteiger charge is 2.26. The first kappa shape index (κ1) is 14.3. The normalized spacial score (nSPS) is 13.8. The van der Waals surface area contributed by atoms with E-state index in [1.807, 2.05) is 37.3 Å². The molecular weight excluding hydrogens is 254 g/mol. The maximum absolute atomic E-state index is 12.2. The van der Waals surface area contributed by atoms with E-state index >= 15 is 0 Å². The van der Waals surface area contributed by atoms with Gasteiger partial charge in [0.25, 0.3) is 0 Å². The molecule has 5 nitrogen and oxygen atoms in total. The van der Waals surface area contributed by atoms with Crippen LogP contribution in [0.2, 0.25) is 0 Å². The van der Waals surface area contributed by atoms with Gasteiger partial charge in [-0.3, -0.25) is 0 Å². The molecule has 2 N–H and O–H groups in total. The molecule has 0 amide bonds. The number of aromatic nitrogens is 2. The van der Waals surface area contributed by atoms with Crippen LogP contribution in [0.15, 0.2) is 42.9 Å². The zero-order valence-electron chi connectivity index (χ0n) is 11.7. The Bertz CT molecular complexity index is 566. The lowest BCUT2D eigenvalue weighted by Gasteiger charge is -2.21. The van der Waals surface area contributed by atoms with Gasteiger partial charge in [-0.1, -0.05) is 37.3 Å². The van der Waals surface area contributed by atoms with Crippen molar-refractivity contribution in [3.63, 3.8) is 0 Å². The van der Waals surface area contributed by atoms with Gasteiger partial charge in [-0.05, 0) is 12.0 Å². The Hall–Kier alpha value is -2.14. The molecule has 0 saturated heterocycles. The standard InChI is InChI=1S/C15H19N3O2/c1-3-12(16)13-9-17-10-18(13)14(15(19)20-2)11-7-5-4-6-8-11/h4-10,12,14H,3,16H2,1-2H3/t12-,14?/m1/s1. The lowest BCUT2D eigenvalue weighted by atomic mass is 10.1. The van der Waals surface area contributed by atoms with E-state index in [0.29, 0.717) is 0 Å². The third-order valence-corrected chi connectivity index (χ3v) is 3.33. The van der Waals surface area contributed by atoms with Crippen molar-refractivity contribution in [1.82, 2.24) is 9.55 Å². The van der Waals surface area contributed by atoms with Crippen LogP contribution >= 0.6 is 0 Å². The fourth-order valence-electron chi connectivity index (χ4n) is 2.18. The van der Waals surface area contributed by atoms with Crippen LogP contribution in [-0.4, -0.2) is 22.6 Å². The SMILES string of the molecule is CC[C@@H](N)c1cncn1C(C(=O)OC)c1ccccc1. The van der Waals surface area contributed by atoms with Crippen molar-refractivity contribution in [3.05, 3.63) is 54.1 Å². The predicted molar refractivity (Wildman–Crippen MR) is 76.0 cm³/mol. The van der Waals surface area contributed by atoms with Crippen molar-refractivity contribution in [2.24, 2.45) is 5.73 Å². The van der Waals surface area contributed by atoms with E-state index in [0.717, 1.165) is 17.7 Å². The molecule has 1 unspecified atom stereocenters. The Morgan fingerprint density at radius 3 is 2.70 bits per heavy atom. The molecule has 106 valence electrons. The second kappa shape index (κ2) is 6.34. The molecule has 0 fully saturated rings. The van der Waals surface area contributed by atoms with Crippen molar-refractivity contribution in [3.8, 4) is 0 Å². The highest BCUT2D eigenvalue weighted by Crippen LogP contribution is 2.24. The van der Waals surface area contributed by atoms with Crippen molar-refractivity contribution < 1.29 is 9.53 Å². The number of hydrogen-bond acceptors (Lipinski definition) is 4. The molecule has 0 spiro atoms. The second-order valence-corrected chi connectivity index (χ2v) is 4.58. The minimum Gasteiger partial charge on any atom is -0.467 e. The molecule has 1 aromatic heterocycles. The summed E-state index contributed by atoms with van der Waals surface area (Å²) in [6.45, 7) is 2.00. The van der Waals surface area contributed by atoms with Crippen molar-refractivity contribution >= 4 is 5.97 Å². The average molecular weight is 273 g/mol. The van der Waals surface area contributed by atoms with Gasteiger partial charge in [0.1, 0.15) is 0 Å².